The summed E-state index contributed by atoms with van der Waals surface area (Å²) < 4.78 is 10.5. The second kappa shape index (κ2) is 15.9. The van der Waals surface area contributed by atoms with Gasteiger partial charge in [-0.2, -0.15) is 0 Å². The van der Waals surface area contributed by atoms with Crippen molar-refractivity contribution < 1.29 is 28.7 Å². The maximum atomic E-state index is 13.6. The monoisotopic (exact) mass is 549 g/mol. The van der Waals surface area contributed by atoms with Gasteiger partial charge in [0.2, 0.25) is 11.8 Å². The largest absolute Gasteiger partial charge is 0.464 e. The first-order valence-electron chi connectivity index (χ1n) is 13.3. The zero-order valence-electron chi connectivity index (χ0n) is 23.8. The van der Waals surface area contributed by atoms with Gasteiger partial charge in [-0.25, -0.2) is 9.59 Å². The van der Waals surface area contributed by atoms with Gasteiger partial charge in [0.15, 0.2) is 0 Å². The fourth-order valence-electron chi connectivity index (χ4n) is 3.75. The van der Waals surface area contributed by atoms with Crippen LogP contribution in [0.3, 0.4) is 0 Å². The lowest BCUT2D eigenvalue weighted by atomic mass is 10.0. The third-order valence-electron chi connectivity index (χ3n) is 5.58. The van der Waals surface area contributed by atoms with Crippen LogP contribution in [0.4, 0.5) is 4.79 Å². The normalized spacial score (nSPS) is 12.9. The molecule has 2 aromatic rings. The molecule has 40 heavy (non-hydrogen) atoms. The first kappa shape index (κ1) is 31.9. The number of alkyl carbamates (subject to hydrolysis) is 1. The number of amides is 3. The molecule has 3 amide bonds. The molecule has 2 aromatic carbocycles. The Labute approximate surface area is 236 Å². The molecule has 0 bridgehead atoms. The van der Waals surface area contributed by atoms with E-state index in [1.165, 1.54) is 0 Å². The number of hydrogen-bond acceptors (Lipinski definition) is 6. The van der Waals surface area contributed by atoms with Crippen LogP contribution in [0.15, 0.2) is 60.7 Å². The van der Waals surface area contributed by atoms with Gasteiger partial charge in [0, 0.05) is 19.3 Å². The van der Waals surface area contributed by atoms with Gasteiger partial charge in [0.05, 0.1) is 6.61 Å². The van der Waals surface area contributed by atoms with E-state index in [2.05, 4.69) is 27.8 Å². The second-order valence-electron chi connectivity index (χ2n) is 10.1. The Morgan fingerprint density at radius 2 is 1.25 bits per heavy atom. The van der Waals surface area contributed by atoms with Gasteiger partial charge >= 0.3 is 12.1 Å². The molecule has 214 valence electrons. The van der Waals surface area contributed by atoms with Crippen LogP contribution < -0.4 is 16.0 Å². The molecule has 0 aliphatic heterocycles. The van der Waals surface area contributed by atoms with Crippen LogP contribution in [-0.2, 0) is 36.7 Å². The lowest BCUT2D eigenvalue weighted by Gasteiger charge is -2.26. The minimum atomic E-state index is -1.06. The predicted octanol–water partition coefficient (Wildman–Crippen LogP) is 3.31. The van der Waals surface area contributed by atoms with Crippen LogP contribution in [0.1, 0.15) is 52.2 Å². The number of hydrogen-bond donors (Lipinski definition) is 3. The van der Waals surface area contributed by atoms with Crippen LogP contribution in [0.25, 0.3) is 0 Å². The molecule has 9 nitrogen and oxygen atoms in total. The highest BCUT2D eigenvalue weighted by Crippen LogP contribution is 2.10. The van der Waals surface area contributed by atoms with Crippen molar-refractivity contribution in [2.24, 2.45) is 0 Å². The van der Waals surface area contributed by atoms with E-state index in [9.17, 15) is 19.2 Å². The van der Waals surface area contributed by atoms with Crippen molar-refractivity contribution >= 4 is 23.9 Å². The van der Waals surface area contributed by atoms with E-state index in [-0.39, 0.29) is 25.9 Å². The average molecular weight is 550 g/mol. The van der Waals surface area contributed by atoms with Crippen LogP contribution in [-0.4, -0.2) is 54.2 Å². The van der Waals surface area contributed by atoms with Crippen molar-refractivity contribution in [3.8, 4) is 11.8 Å². The molecule has 0 spiro atoms. The highest BCUT2D eigenvalue weighted by atomic mass is 16.6. The van der Waals surface area contributed by atoms with E-state index in [1.807, 2.05) is 60.7 Å². The summed E-state index contributed by atoms with van der Waals surface area (Å²) in [5, 5.41) is 8.09. The van der Waals surface area contributed by atoms with Gasteiger partial charge in [-0.3, -0.25) is 9.59 Å². The Morgan fingerprint density at radius 1 is 0.775 bits per heavy atom. The Morgan fingerprint density at radius 3 is 1.70 bits per heavy atom. The van der Waals surface area contributed by atoms with Crippen molar-refractivity contribution in [1.82, 2.24) is 16.0 Å². The molecule has 1 unspecified atom stereocenters. The standard InChI is InChI=1S/C31H39N3O6/c1-6-8-19-24(29(37)39-7-2)32-27(35)25(20-22-15-11-9-12-16-22)33-28(36)26(21-23-17-13-10-14-18-23)34-30(38)40-31(3,4)5/h9-18,24-26H,7,19-21H2,1-5H3,(H,32,35)(H,33,36)(H,34,38)/t24?,25-,26-/m1/s1. The Hall–Kier alpha value is -4.32. The molecule has 0 aliphatic carbocycles. The average Bonchev–Trinajstić information content (AvgIpc) is 2.90. The summed E-state index contributed by atoms with van der Waals surface area (Å²) in [5.41, 5.74) is 0.837. The smallest absolute Gasteiger partial charge is 0.408 e. The zero-order valence-corrected chi connectivity index (χ0v) is 23.8. The van der Waals surface area contributed by atoms with Gasteiger partial charge in [-0.1, -0.05) is 60.7 Å². The quantitative estimate of drug-likeness (QED) is 0.276. The minimum Gasteiger partial charge on any atom is -0.464 e. The molecular weight excluding hydrogens is 510 g/mol. The molecule has 2 rings (SSSR count). The van der Waals surface area contributed by atoms with Gasteiger partial charge < -0.3 is 25.4 Å². The molecule has 0 saturated carbocycles. The second-order valence-corrected chi connectivity index (χ2v) is 10.1. The van der Waals surface area contributed by atoms with Crippen LogP contribution in [0.5, 0.6) is 0 Å². The van der Waals surface area contributed by atoms with Crippen molar-refractivity contribution in [3.63, 3.8) is 0 Å². The molecular formula is C31H39N3O6. The number of rotatable bonds is 12. The molecule has 3 N–H and O–H groups in total. The van der Waals surface area contributed by atoms with E-state index in [4.69, 9.17) is 9.47 Å². The summed E-state index contributed by atoms with van der Waals surface area (Å²) in [6, 6.07) is 15.3. The van der Waals surface area contributed by atoms with Crippen LogP contribution >= 0.6 is 0 Å². The lowest BCUT2D eigenvalue weighted by molar-refractivity contribution is -0.147. The molecule has 0 aromatic heterocycles. The fourth-order valence-corrected chi connectivity index (χ4v) is 3.75. The third-order valence-corrected chi connectivity index (χ3v) is 5.58. The van der Waals surface area contributed by atoms with E-state index in [0.29, 0.717) is 0 Å². The van der Waals surface area contributed by atoms with E-state index < -0.39 is 47.6 Å². The summed E-state index contributed by atoms with van der Waals surface area (Å²) in [6.45, 7) is 8.62. The van der Waals surface area contributed by atoms with Crippen molar-refractivity contribution in [1.29, 1.82) is 0 Å². The molecule has 0 heterocycles. The number of esters is 1. The summed E-state index contributed by atoms with van der Waals surface area (Å²) in [4.78, 5) is 52.1. The topological polar surface area (TPSA) is 123 Å². The Balaban J connectivity index is 2.31. The first-order valence-corrected chi connectivity index (χ1v) is 13.3. The fraction of sp³-hybridized carbons (Fsp3) is 0.419. The lowest BCUT2D eigenvalue weighted by Crippen LogP contribution is -2.57. The maximum absolute atomic E-state index is 13.6. The highest BCUT2D eigenvalue weighted by Gasteiger charge is 2.31. The molecule has 0 fully saturated rings. The first-order chi connectivity index (χ1) is 19.0. The summed E-state index contributed by atoms with van der Waals surface area (Å²) in [7, 11) is 0. The highest BCUT2D eigenvalue weighted by molar-refractivity contribution is 5.93. The predicted molar refractivity (Wildman–Crippen MR) is 152 cm³/mol. The number of carbonyl (C=O) groups excluding carboxylic acids is 4. The number of ether oxygens (including phenoxy) is 2. The number of nitrogens with one attached hydrogen (secondary N) is 3. The number of carbonyl (C=O) groups is 4. The Bertz CT molecular complexity index is 1180. The van der Waals surface area contributed by atoms with Crippen molar-refractivity contribution in [3.05, 3.63) is 71.8 Å². The molecule has 3 atom stereocenters. The van der Waals surface area contributed by atoms with E-state index in [1.54, 1.807) is 34.6 Å². The molecule has 0 saturated heterocycles. The van der Waals surface area contributed by atoms with Gasteiger partial charge in [0.1, 0.15) is 23.7 Å². The van der Waals surface area contributed by atoms with Gasteiger partial charge in [-0.05, 0) is 45.7 Å². The summed E-state index contributed by atoms with van der Waals surface area (Å²) in [5.74, 6) is 3.73. The third kappa shape index (κ3) is 11.6. The van der Waals surface area contributed by atoms with Crippen LogP contribution in [0, 0.1) is 11.8 Å². The maximum Gasteiger partial charge on any atom is 0.408 e. The summed E-state index contributed by atoms with van der Waals surface area (Å²) >= 11 is 0. The molecule has 0 aliphatic rings. The van der Waals surface area contributed by atoms with Gasteiger partial charge in [-0.15, -0.1) is 11.8 Å². The SMILES string of the molecule is CC#CCC(NC(=O)[C@@H](Cc1ccccc1)NC(=O)[C@@H](Cc1ccccc1)NC(=O)OC(C)(C)C)C(=O)OCC. The van der Waals surface area contributed by atoms with E-state index in [0.717, 1.165) is 11.1 Å². The van der Waals surface area contributed by atoms with Gasteiger partial charge in [0.25, 0.3) is 0 Å². The molecule has 9 heteroatoms. The Kier molecular flexibility index (Phi) is 12.7. The summed E-state index contributed by atoms with van der Waals surface area (Å²) in [6.07, 6.45) is -0.376. The minimum absolute atomic E-state index is 0.0594. The van der Waals surface area contributed by atoms with Crippen molar-refractivity contribution in [2.75, 3.05) is 6.61 Å². The number of benzene rings is 2. The van der Waals surface area contributed by atoms with Crippen LogP contribution in [0.2, 0.25) is 0 Å². The van der Waals surface area contributed by atoms with Crippen molar-refractivity contribution in [2.45, 2.75) is 77.6 Å². The molecule has 0 radical (unpaired) electrons. The van der Waals surface area contributed by atoms with E-state index >= 15 is 0 Å². The zero-order chi connectivity index (χ0) is 29.5.